The zero-order valence-corrected chi connectivity index (χ0v) is 11.5. The van der Waals surface area contributed by atoms with Crippen molar-refractivity contribution < 1.29 is 9.26 Å². The van der Waals surface area contributed by atoms with Crippen LogP contribution in [0.2, 0.25) is 0 Å². The summed E-state index contributed by atoms with van der Waals surface area (Å²) in [7, 11) is 1.62. The van der Waals surface area contributed by atoms with Crippen LogP contribution in [0.25, 0.3) is 11.4 Å². The van der Waals surface area contributed by atoms with E-state index in [9.17, 15) is 0 Å². The first-order valence-electron chi connectivity index (χ1n) is 6.34. The number of hydrogen-bond donors (Lipinski definition) is 1. The Hall–Kier alpha value is -1.88. The van der Waals surface area contributed by atoms with Gasteiger partial charge in [-0.15, -0.1) is 0 Å². The van der Waals surface area contributed by atoms with Gasteiger partial charge >= 0.3 is 0 Å². The Morgan fingerprint density at radius 2 is 2.05 bits per heavy atom. The third-order valence-corrected chi connectivity index (χ3v) is 2.83. The van der Waals surface area contributed by atoms with Crippen molar-refractivity contribution >= 4 is 0 Å². The number of nitrogens with zero attached hydrogens (tertiary/aromatic N) is 2. The van der Waals surface area contributed by atoms with Crippen molar-refractivity contribution in [1.29, 1.82) is 0 Å². The molecule has 0 bridgehead atoms. The second-order valence-corrected chi connectivity index (χ2v) is 4.89. The van der Waals surface area contributed by atoms with Gasteiger partial charge < -0.3 is 15.0 Å². The summed E-state index contributed by atoms with van der Waals surface area (Å²) in [5.41, 5.74) is 6.83. The Bertz CT molecular complexity index is 537. The minimum absolute atomic E-state index is 0.226. The van der Waals surface area contributed by atoms with Gasteiger partial charge in [-0.25, -0.2) is 0 Å². The highest BCUT2D eigenvalue weighted by molar-refractivity contribution is 5.63. The van der Waals surface area contributed by atoms with Crippen molar-refractivity contribution in [3.63, 3.8) is 0 Å². The molecule has 0 aliphatic heterocycles. The lowest BCUT2D eigenvalue weighted by atomic mass is 10.0. The summed E-state index contributed by atoms with van der Waals surface area (Å²) in [6, 6.07) is 7.33. The Morgan fingerprint density at radius 1 is 1.32 bits per heavy atom. The van der Waals surface area contributed by atoms with E-state index in [1.54, 1.807) is 7.11 Å². The van der Waals surface area contributed by atoms with E-state index in [4.69, 9.17) is 15.0 Å². The highest BCUT2D eigenvalue weighted by Crippen LogP contribution is 2.28. The molecule has 0 aliphatic rings. The summed E-state index contributed by atoms with van der Waals surface area (Å²) in [5.74, 6) is 2.17. The molecule has 0 aliphatic carbocycles. The molecule has 5 heteroatoms. The summed E-state index contributed by atoms with van der Waals surface area (Å²) < 4.78 is 10.5. The lowest BCUT2D eigenvalue weighted by Gasteiger charge is -2.08. The molecule has 19 heavy (non-hydrogen) atoms. The smallest absolute Gasteiger partial charge is 0.243 e. The van der Waals surface area contributed by atoms with Crippen molar-refractivity contribution in [2.24, 2.45) is 11.7 Å². The number of methoxy groups -OCH3 is 1. The number of nitrogens with two attached hydrogens (primary N) is 1. The second kappa shape index (κ2) is 5.84. The van der Waals surface area contributed by atoms with E-state index in [1.807, 2.05) is 24.3 Å². The van der Waals surface area contributed by atoms with Crippen molar-refractivity contribution in [1.82, 2.24) is 10.1 Å². The van der Waals surface area contributed by atoms with E-state index in [1.165, 1.54) is 0 Å². The second-order valence-electron chi connectivity index (χ2n) is 4.89. The van der Waals surface area contributed by atoms with Crippen molar-refractivity contribution in [3.05, 3.63) is 30.2 Å². The van der Waals surface area contributed by atoms with Crippen LogP contribution >= 0.6 is 0 Å². The lowest BCUT2D eigenvalue weighted by molar-refractivity contribution is 0.335. The molecule has 0 fully saturated rings. The number of rotatable bonds is 5. The van der Waals surface area contributed by atoms with Gasteiger partial charge in [0.1, 0.15) is 5.75 Å². The van der Waals surface area contributed by atoms with Gasteiger partial charge in [-0.3, -0.25) is 0 Å². The van der Waals surface area contributed by atoms with Crippen molar-refractivity contribution in [2.45, 2.75) is 26.3 Å². The van der Waals surface area contributed by atoms with Crippen LogP contribution in [-0.2, 0) is 0 Å². The van der Waals surface area contributed by atoms with Gasteiger partial charge in [-0.1, -0.05) is 31.1 Å². The predicted octanol–water partition coefficient (Wildman–Crippen LogP) is 2.79. The maximum Gasteiger partial charge on any atom is 0.243 e. The molecule has 1 atom stereocenters. The zero-order valence-electron chi connectivity index (χ0n) is 11.5. The average molecular weight is 261 g/mol. The monoisotopic (exact) mass is 261 g/mol. The van der Waals surface area contributed by atoms with E-state index >= 15 is 0 Å². The third-order valence-electron chi connectivity index (χ3n) is 2.83. The predicted molar refractivity (Wildman–Crippen MR) is 72.7 cm³/mol. The van der Waals surface area contributed by atoms with Crippen molar-refractivity contribution in [3.8, 4) is 17.1 Å². The number of benzene rings is 1. The first kappa shape index (κ1) is 13.5. The first-order valence-corrected chi connectivity index (χ1v) is 6.34. The van der Waals surface area contributed by atoms with Crippen LogP contribution in [0.4, 0.5) is 0 Å². The highest BCUT2D eigenvalue weighted by atomic mass is 16.5. The SMILES string of the molecule is COc1ccccc1-c1noc(C(N)CC(C)C)n1. The molecule has 0 amide bonds. The molecule has 0 radical (unpaired) electrons. The summed E-state index contributed by atoms with van der Waals surface area (Å²) in [6.07, 6.45) is 0.813. The van der Waals surface area contributed by atoms with Crippen LogP contribution in [-0.4, -0.2) is 17.3 Å². The molecule has 2 rings (SSSR count). The van der Waals surface area contributed by atoms with Gasteiger partial charge in [0.05, 0.1) is 18.7 Å². The Kier molecular flexibility index (Phi) is 4.16. The molecule has 5 nitrogen and oxygen atoms in total. The van der Waals surface area contributed by atoms with E-state index in [0.717, 1.165) is 12.0 Å². The van der Waals surface area contributed by atoms with Gasteiger partial charge in [-0.2, -0.15) is 4.98 Å². The summed E-state index contributed by atoms with van der Waals surface area (Å²) in [6.45, 7) is 4.22. The zero-order chi connectivity index (χ0) is 13.8. The molecule has 1 heterocycles. The number of para-hydroxylation sites is 1. The topological polar surface area (TPSA) is 74.2 Å². The minimum Gasteiger partial charge on any atom is -0.496 e. The van der Waals surface area contributed by atoms with E-state index in [0.29, 0.717) is 23.4 Å². The molecule has 2 N–H and O–H groups in total. The van der Waals surface area contributed by atoms with E-state index in [-0.39, 0.29) is 6.04 Å². The largest absolute Gasteiger partial charge is 0.496 e. The van der Waals surface area contributed by atoms with E-state index < -0.39 is 0 Å². The highest BCUT2D eigenvalue weighted by Gasteiger charge is 2.18. The molecule has 0 spiro atoms. The van der Waals surface area contributed by atoms with Gasteiger partial charge in [0.2, 0.25) is 11.7 Å². The molecule has 0 saturated carbocycles. The molecule has 102 valence electrons. The maximum absolute atomic E-state index is 6.03. The summed E-state index contributed by atoms with van der Waals surface area (Å²) in [4.78, 5) is 4.36. The maximum atomic E-state index is 6.03. The van der Waals surface area contributed by atoms with Gasteiger partial charge in [0, 0.05) is 0 Å². The van der Waals surface area contributed by atoms with Crippen LogP contribution in [0.3, 0.4) is 0 Å². The summed E-state index contributed by atoms with van der Waals surface area (Å²) >= 11 is 0. The average Bonchev–Trinajstić information content (AvgIpc) is 2.87. The normalized spacial score (nSPS) is 12.7. The molecule has 1 aromatic heterocycles. The molecule has 1 unspecified atom stereocenters. The molecule has 1 aromatic carbocycles. The molecular weight excluding hydrogens is 242 g/mol. The molecular formula is C14H19N3O2. The van der Waals surface area contributed by atoms with Crippen molar-refractivity contribution in [2.75, 3.05) is 7.11 Å². The fourth-order valence-electron chi connectivity index (χ4n) is 1.93. The first-order chi connectivity index (χ1) is 9.11. The van der Waals surface area contributed by atoms with Gasteiger partial charge in [0.25, 0.3) is 0 Å². The Balaban J connectivity index is 2.25. The van der Waals surface area contributed by atoms with Crippen LogP contribution in [0, 0.1) is 5.92 Å². The Morgan fingerprint density at radius 3 is 2.74 bits per heavy atom. The quantitative estimate of drug-likeness (QED) is 0.895. The third kappa shape index (κ3) is 3.12. The van der Waals surface area contributed by atoms with Crippen LogP contribution in [0.15, 0.2) is 28.8 Å². The Labute approximate surface area is 112 Å². The van der Waals surface area contributed by atoms with E-state index in [2.05, 4.69) is 24.0 Å². The number of aromatic nitrogens is 2. The van der Waals surface area contributed by atoms with Crippen LogP contribution < -0.4 is 10.5 Å². The standard InChI is InChI=1S/C14H19N3O2/c1-9(2)8-11(15)14-16-13(17-19-14)10-6-4-5-7-12(10)18-3/h4-7,9,11H,8,15H2,1-3H3. The fraction of sp³-hybridized carbons (Fsp3) is 0.429. The number of ether oxygens (including phenoxy) is 1. The summed E-state index contributed by atoms with van der Waals surface area (Å²) in [5, 5.41) is 3.98. The van der Waals surface area contributed by atoms with Crippen LogP contribution in [0.1, 0.15) is 32.2 Å². The van der Waals surface area contributed by atoms with Gasteiger partial charge in [0.15, 0.2) is 0 Å². The van der Waals surface area contributed by atoms with Crippen LogP contribution in [0.5, 0.6) is 5.75 Å². The minimum atomic E-state index is -0.226. The molecule has 2 aromatic rings. The number of hydrogen-bond acceptors (Lipinski definition) is 5. The molecule has 0 saturated heterocycles. The fourth-order valence-corrected chi connectivity index (χ4v) is 1.93. The lowest BCUT2D eigenvalue weighted by Crippen LogP contribution is -2.13. The van der Waals surface area contributed by atoms with Gasteiger partial charge in [-0.05, 0) is 24.5 Å².